The van der Waals surface area contributed by atoms with Crippen molar-refractivity contribution in [1.82, 2.24) is 4.31 Å². The Balaban J connectivity index is 2.44. The van der Waals surface area contributed by atoms with Crippen LogP contribution in [0.4, 0.5) is 5.69 Å². The van der Waals surface area contributed by atoms with E-state index in [0.717, 1.165) is 6.42 Å². The lowest BCUT2D eigenvalue weighted by Gasteiger charge is -2.37. The third kappa shape index (κ3) is 2.82. The lowest BCUT2D eigenvalue weighted by Crippen LogP contribution is -2.51. The van der Waals surface area contributed by atoms with Gasteiger partial charge in [0, 0.05) is 18.3 Å². The van der Waals surface area contributed by atoms with Gasteiger partial charge in [-0.15, -0.1) is 0 Å². The van der Waals surface area contributed by atoms with Crippen molar-refractivity contribution in [2.45, 2.75) is 44.2 Å². The molecular formula is C14H22N2O3S. The van der Waals surface area contributed by atoms with Crippen LogP contribution < -0.4 is 5.73 Å². The topological polar surface area (TPSA) is 72.6 Å². The molecule has 1 aromatic carbocycles. The fourth-order valence-electron chi connectivity index (χ4n) is 2.45. The van der Waals surface area contributed by atoms with E-state index in [0.29, 0.717) is 29.3 Å². The molecule has 2 atom stereocenters. The Hall–Kier alpha value is -1.11. The molecule has 1 fully saturated rings. The summed E-state index contributed by atoms with van der Waals surface area (Å²) in [6.07, 6.45) is 0.641. The second kappa shape index (κ2) is 5.71. The van der Waals surface area contributed by atoms with E-state index in [-0.39, 0.29) is 12.1 Å². The molecule has 2 unspecified atom stereocenters. The first-order valence-corrected chi connectivity index (χ1v) is 8.29. The van der Waals surface area contributed by atoms with Crippen LogP contribution in [0, 0.1) is 6.92 Å². The monoisotopic (exact) mass is 298 g/mol. The minimum Gasteiger partial charge on any atom is -0.399 e. The van der Waals surface area contributed by atoms with Crippen molar-refractivity contribution in [2.24, 2.45) is 0 Å². The van der Waals surface area contributed by atoms with Crippen LogP contribution in [0.2, 0.25) is 0 Å². The number of hydrogen-bond donors (Lipinski definition) is 1. The van der Waals surface area contributed by atoms with Crippen molar-refractivity contribution in [3.05, 3.63) is 23.8 Å². The van der Waals surface area contributed by atoms with Gasteiger partial charge in [-0.05, 0) is 38.0 Å². The number of nitrogen functional groups attached to an aromatic ring is 1. The summed E-state index contributed by atoms with van der Waals surface area (Å²) in [5.41, 5.74) is 6.92. The Morgan fingerprint density at radius 3 is 2.80 bits per heavy atom. The fourth-order valence-corrected chi connectivity index (χ4v) is 4.47. The first kappa shape index (κ1) is 15.3. The third-order valence-electron chi connectivity index (χ3n) is 3.69. The molecule has 1 aliphatic heterocycles. The molecule has 5 nitrogen and oxygen atoms in total. The normalized spacial score (nSPS) is 24.8. The highest BCUT2D eigenvalue weighted by atomic mass is 32.2. The molecule has 1 heterocycles. The van der Waals surface area contributed by atoms with Gasteiger partial charge in [0.1, 0.15) is 0 Å². The summed E-state index contributed by atoms with van der Waals surface area (Å²) >= 11 is 0. The lowest BCUT2D eigenvalue weighted by molar-refractivity contribution is -0.0230. The van der Waals surface area contributed by atoms with Crippen molar-refractivity contribution >= 4 is 15.7 Å². The Kier molecular flexibility index (Phi) is 4.36. The van der Waals surface area contributed by atoms with E-state index in [2.05, 4.69) is 0 Å². The van der Waals surface area contributed by atoms with Crippen LogP contribution in [0.3, 0.4) is 0 Å². The number of nitrogens with zero attached hydrogens (tertiary/aromatic N) is 1. The minimum absolute atomic E-state index is 0.0889. The zero-order valence-electron chi connectivity index (χ0n) is 12.2. The third-order valence-corrected chi connectivity index (χ3v) is 5.75. The maximum Gasteiger partial charge on any atom is 0.243 e. The quantitative estimate of drug-likeness (QED) is 0.863. The van der Waals surface area contributed by atoms with Crippen molar-refractivity contribution in [3.63, 3.8) is 0 Å². The van der Waals surface area contributed by atoms with Gasteiger partial charge in [-0.1, -0.05) is 13.0 Å². The zero-order chi connectivity index (χ0) is 14.9. The van der Waals surface area contributed by atoms with Gasteiger partial charge in [-0.25, -0.2) is 8.42 Å². The number of morpholine rings is 1. The summed E-state index contributed by atoms with van der Waals surface area (Å²) in [5, 5.41) is 0. The zero-order valence-corrected chi connectivity index (χ0v) is 13.0. The Morgan fingerprint density at radius 2 is 2.15 bits per heavy atom. The predicted molar refractivity (Wildman–Crippen MR) is 79.0 cm³/mol. The van der Waals surface area contributed by atoms with E-state index in [1.54, 1.807) is 23.4 Å². The highest BCUT2D eigenvalue weighted by Gasteiger charge is 2.36. The number of rotatable bonds is 3. The average molecular weight is 298 g/mol. The second-order valence-electron chi connectivity index (χ2n) is 5.31. The predicted octanol–water partition coefficient (Wildman–Crippen LogP) is 1.77. The summed E-state index contributed by atoms with van der Waals surface area (Å²) < 4.78 is 32.9. The number of aryl methyl sites for hydroxylation is 1. The Bertz CT molecular complexity index is 586. The molecule has 0 aromatic heterocycles. The van der Waals surface area contributed by atoms with E-state index in [1.807, 2.05) is 13.8 Å². The van der Waals surface area contributed by atoms with E-state index in [1.165, 1.54) is 6.07 Å². The molecule has 112 valence electrons. The van der Waals surface area contributed by atoms with Gasteiger partial charge in [0.2, 0.25) is 10.0 Å². The average Bonchev–Trinajstić information content (AvgIpc) is 2.41. The summed E-state index contributed by atoms with van der Waals surface area (Å²) in [6, 6.07) is 4.88. The van der Waals surface area contributed by atoms with Gasteiger partial charge in [0.15, 0.2) is 0 Å². The first-order valence-electron chi connectivity index (χ1n) is 6.85. The molecule has 2 rings (SSSR count). The van der Waals surface area contributed by atoms with E-state index in [4.69, 9.17) is 10.5 Å². The molecule has 0 spiro atoms. The second-order valence-corrected chi connectivity index (χ2v) is 7.16. The van der Waals surface area contributed by atoms with Crippen LogP contribution in [0.1, 0.15) is 25.8 Å². The standard InChI is InChI=1S/C14H22N2O3S/c1-4-13-9-19-11(3)8-16(13)20(17,18)14-7-12(15)6-5-10(14)2/h5-7,11,13H,4,8-9,15H2,1-3H3. The molecule has 0 bridgehead atoms. The number of anilines is 1. The van der Waals surface area contributed by atoms with Crippen molar-refractivity contribution < 1.29 is 13.2 Å². The summed E-state index contributed by atoms with van der Waals surface area (Å²) in [6.45, 7) is 6.48. The maximum absolute atomic E-state index is 12.9. The van der Waals surface area contributed by atoms with Gasteiger partial charge in [-0.3, -0.25) is 0 Å². The van der Waals surface area contributed by atoms with Gasteiger partial charge < -0.3 is 10.5 Å². The van der Waals surface area contributed by atoms with Gasteiger partial charge in [0.25, 0.3) is 0 Å². The van der Waals surface area contributed by atoms with Crippen LogP contribution in [0.25, 0.3) is 0 Å². The van der Waals surface area contributed by atoms with Gasteiger partial charge >= 0.3 is 0 Å². The first-order chi connectivity index (χ1) is 9.36. The van der Waals surface area contributed by atoms with E-state index < -0.39 is 10.0 Å². The molecule has 2 N–H and O–H groups in total. The highest BCUT2D eigenvalue weighted by molar-refractivity contribution is 7.89. The molecule has 1 saturated heterocycles. The molecule has 0 radical (unpaired) electrons. The largest absolute Gasteiger partial charge is 0.399 e. The molecule has 0 aliphatic carbocycles. The van der Waals surface area contributed by atoms with Gasteiger partial charge in [0.05, 0.1) is 17.6 Å². The molecule has 0 amide bonds. The number of hydrogen-bond acceptors (Lipinski definition) is 4. The Morgan fingerprint density at radius 1 is 1.45 bits per heavy atom. The fraction of sp³-hybridized carbons (Fsp3) is 0.571. The molecule has 1 aliphatic rings. The van der Waals surface area contributed by atoms with Crippen LogP contribution in [-0.4, -0.2) is 38.0 Å². The SMILES string of the molecule is CCC1COC(C)CN1S(=O)(=O)c1cc(N)ccc1C. The van der Waals surface area contributed by atoms with Crippen LogP contribution >= 0.6 is 0 Å². The van der Waals surface area contributed by atoms with Crippen LogP contribution in [0.15, 0.2) is 23.1 Å². The smallest absolute Gasteiger partial charge is 0.243 e. The number of ether oxygens (including phenoxy) is 1. The summed E-state index contributed by atoms with van der Waals surface area (Å²) in [7, 11) is -3.54. The lowest BCUT2D eigenvalue weighted by atomic mass is 10.2. The molecule has 20 heavy (non-hydrogen) atoms. The molecule has 0 saturated carbocycles. The molecule has 1 aromatic rings. The van der Waals surface area contributed by atoms with Gasteiger partial charge in [-0.2, -0.15) is 4.31 Å². The van der Waals surface area contributed by atoms with Crippen molar-refractivity contribution in [3.8, 4) is 0 Å². The maximum atomic E-state index is 12.9. The summed E-state index contributed by atoms with van der Waals surface area (Å²) in [5.74, 6) is 0. The molecular weight excluding hydrogens is 276 g/mol. The van der Waals surface area contributed by atoms with Crippen molar-refractivity contribution in [2.75, 3.05) is 18.9 Å². The minimum atomic E-state index is -3.54. The van der Waals surface area contributed by atoms with Crippen LogP contribution in [-0.2, 0) is 14.8 Å². The number of benzene rings is 1. The Labute approximate surface area is 120 Å². The molecule has 6 heteroatoms. The van der Waals surface area contributed by atoms with E-state index in [9.17, 15) is 8.42 Å². The highest BCUT2D eigenvalue weighted by Crippen LogP contribution is 2.27. The number of sulfonamides is 1. The van der Waals surface area contributed by atoms with E-state index >= 15 is 0 Å². The summed E-state index contributed by atoms with van der Waals surface area (Å²) in [4.78, 5) is 0.296. The van der Waals surface area contributed by atoms with Crippen molar-refractivity contribution in [1.29, 1.82) is 0 Å². The van der Waals surface area contributed by atoms with Crippen LogP contribution in [0.5, 0.6) is 0 Å². The number of nitrogens with two attached hydrogens (primary N) is 1.